The Morgan fingerprint density at radius 2 is 1.83 bits per heavy atom. The van der Waals surface area contributed by atoms with Crippen molar-refractivity contribution in [1.82, 2.24) is 14.4 Å². The van der Waals surface area contributed by atoms with Crippen LogP contribution in [0.4, 0.5) is 4.39 Å². The average Bonchev–Trinajstić information content (AvgIpc) is 3.20. The van der Waals surface area contributed by atoms with Crippen molar-refractivity contribution in [2.75, 3.05) is 13.1 Å². The molecule has 1 aliphatic heterocycles. The van der Waals surface area contributed by atoms with Crippen molar-refractivity contribution >= 4 is 10.0 Å². The monoisotopic (exact) mass is 415 g/mol. The maximum Gasteiger partial charge on any atom is 0.258 e. The van der Waals surface area contributed by atoms with E-state index in [1.807, 2.05) is 19.9 Å². The molecule has 152 valence electrons. The van der Waals surface area contributed by atoms with Crippen LogP contribution in [-0.2, 0) is 10.0 Å². The molecule has 1 aromatic heterocycles. The average molecular weight is 415 g/mol. The zero-order chi connectivity index (χ0) is 20.6. The molecular weight excluding hydrogens is 393 g/mol. The molecule has 6 nitrogen and oxygen atoms in total. The minimum absolute atomic E-state index is 0.00673. The summed E-state index contributed by atoms with van der Waals surface area (Å²) >= 11 is 0. The molecule has 0 spiro atoms. The number of piperidine rings is 1. The second kappa shape index (κ2) is 7.68. The summed E-state index contributed by atoms with van der Waals surface area (Å²) in [6.07, 6.45) is 1.21. The third kappa shape index (κ3) is 3.95. The summed E-state index contributed by atoms with van der Waals surface area (Å²) in [7, 11) is -3.52. The lowest BCUT2D eigenvalue weighted by Crippen LogP contribution is -2.38. The van der Waals surface area contributed by atoms with Gasteiger partial charge in [0.1, 0.15) is 5.82 Å². The van der Waals surface area contributed by atoms with Gasteiger partial charge in [-0.3, -0.25) is 0 Å². The van der Waals surface area contributed by atoms with E-state index >= 15 is 0 Å². The molecule has 0 aliphatic carbocycles. The number of halogens is 1. The Labute approximate surface area is 169 Å². The van der Waals surface area contributed by atoms with Crippen molar-refractivity contribution in [3.63, 3.8) is 0 Å². The summed E-state index contributed by atoms with van der Waals surface area (Å²) in [5.74, 6) is 0.441. The van der Waals surface area contributed by atoms with Gasteiger partial charge >= 0.3 is 0 Å². The highest BCUT2D eigenvalue weighted by atomic mass is 32.2. The van der Waals surface area contributed by atoms with Crippen LogP contribution >= 0.6 is 0 Å². The first-order valence-corrected chi connectivity index (χ1v) is 11.0. The number of hydrogen-bond acceptors (Lipinski definition) is 5. The molecule has 2 heterocycles. The molecule has 0 N–H and O–H groups in total. The van der Waals surface area contributed by atoms with Crippen molar-refractivity contribution in [1.29, 1.82) is 0 Å². The highest BCUT2D eigenvalue weighted by Crippen LogP contribution is 2.31. The third-order valence-electron chi connectivity index (χ3n) is 5.45. The Morgan fingerprint density at radius 1 is 1.07 bits per heavy atom. The maximum absolute atomic E-state index is 13.4. The highest BCUT2D eigenvalue weighted by molar-refractivity contribution is 7.89. The van der Waals surface area contributed by atoms with Crippen molar-refractivity contribution in [3.05, 3.63) is 65.2 Å². The first kappa shape index (κ1) is 19.7. The van der Waals surface area contributed by atoms with Gasteiger partial charge in [-0.1, -0.05) is 17.3 Å². The van der Waals surface area contributed by atoms with Crippen molar-refractivity contribution in [2.24, 2.45) is 0 Å². The third-order valence-corrected chi connectivity index (χ3v) is 7.34. The standard InChI is InChI=1S/C21H22FN3O3S/c1-14-6-7-19(12-15(14)2)29(26,27)25-10-8-16(9-11-25)20-23-21(28-24-20)17-4-3-5-18(22)13-17/h3-7,12-13,16H,8-11H2,1-2H3. The van der Waals surface area contributed by atoms with Crippen LogP contribution in [0.2, 0.25) is 0 Å². The molecule has 0 unspecified atom stereocenters. The number of benzene rings is 2. The number of aryl methyl sites for hydroxylation is 2. The molecule has 0 saturated carbocycles. The van der Waals surface area contributed by atoms with E-state index in [1.54, 1.807) is 24.3 Å². The van der Waals surface area contributed by atoms with Gasteiger partial charge in [-0.25, -0.2) is 12.8 Å². The maximum atomic E-state index is 13.4. The Balaban J connectivity index is 1.46. The molecule has 0 amide bonds. The fraction of sp³-hybridized carbons (Fsp3) is 0.333. The summed E-state index contributed by atoms with van der Waals surface area (Å²) in [5.41, 5.74) is 2.55. The summed E-state index contributed by atoms with van der Waals surface area (Å²) in [4.78, 5) is 4.73. The van der Waals surface area contributed by atoms with E-state index in [2.05, 4.69) is 10.1 Å². The van der Waals surface area contributed by atoms with E-state index in [9.17, 15) is 12.8 Å². The van der Waals surface area contributed by atoms with Crippen molar-refractivity contribution < 1.29 is 17.3 Å². The van der Waals surface area contributed by atoms with E-state index in [-0.39, 0.29) is 17.6 Å². The SMILES string of the molecule is Cc1ccc(S(=O)(=O)N2CCC(c3noc(-c4cccc(F)c4)n3)CC2)cc1C. The Bertz CT molecular complexity index is 1140. The van der Waals surface area contributed by atoms with Crippen molar-refractivity contribution in [3.8, 4) is 11.5 Å². The first-order valence-electron chi connectivity index (χ1n) is 9.51. The zero-order valence-electron chi connectivity index (χ0n) is 16.3. The summed E-state index contributed by atoms with van der Waals surface area (Å²) in [6.45, 7) is 4.65. The molecule has 2 aromatic carbocycles. The predicted octanol–water partition coefficient (Wildman–Crippen LogP) is 4.06. The van der Waals surface area contributed by atoms with Gasteiger partial charge in [0, 0.05) is 24.6 Å². The van der Waals surface area contributed by atoms with Crippen LogP contribution in [0.15, 0.2) is 51.9 Å². The molecule has 0 atom stereocenters. The smallest absolute Gasteiger partial charge is 0.258 e. The summed E-state index contributed by atoms with van der Waals surface area (Å²) in [6, 6.07) is 11.2. The summed E-state index contributed by atoms with van der Waals surface area (Å²) in [5, 5.41) is 4.04. The van der Waals surface area contributed by atoms with Gasteiger partial charge in [-0.05, 0) is 68.1 Å². The van der Waals surface area contributed by atoms with Gasteiger partial charge < -0.3 is 4.52 Å². The number of aromatic nitrogens is 2. The second-order valence-corrected chi connectivity index (χ2v) is 9.33. The van der Waals surface area contributed by atoms with E-state index < -0.39 is 10.0 Å². The second-order valence-electron chi connectivity index (χ2n) is 7.39. The fourth-order valence-corrected chi connectivity index (χ4v) is 5.07. The zero-order valence-corrected chi connectivity index (χ0v) is 17.1. The normalized spacial score (nSPS) is 16.2. The molecule has 1 saturated heterocycles. The quantitative estimate of drug-likeness (QED) is 0.642. The molecule has 3 aromatic rings. The highest BCUT2D eigenvalue weighted by Gasteiger charge is 2.32. The Morgan fingerprint density at radius 3 is 2.52 bits per heavy atom. The van der Waals surface area contributed by atoms with E-state index in [0.717, 1.165) is 11.1 Å². The molecule has 0 bridgehead atoms. The lowest BCUT2D eigenvalue weighted by molar-refractivity contribution is 0.307. The predicted molar refractivity (Wildman–Crippen MR) is 106 cm³/mol. The van der Waals surface area contributed by atoms with Gasteiger partial charge in [0.05, 0.1) is 4.90 Å². The lowest BCUT2D eigenvalue weighted by atomic mass is 9.97. The fourth-order valence-electron chi connectivity index (χ4n) is 3.52. The van der Waals surface area contributed by atoms with Crippen LogP contribution in [0.3, 0.4) is 0 Å². The molecule has 1 aliphatic rings. The minimum atomic E-state index is -3.52. The van der Waals surface area contributed by atoms with Gasteiger partial charge in [0.15, 0.2) is 5.82 Å². The van der Waals surface area contributed by atoms with Crippen LogP contribution in [-0.4, -0.2) is 36.0 Å². The van der Waals surface area contributed by atoms with Gasteiger partial charge in [-0.2, -0.15) is 9.29 Å². The van der Waals surface area contributed by atoms with E-state index in [4.69, 9.17) is 4.52 Å². The van der Waals surface area contributed by atoms with Gasteiger partial charge in [0.2, 0.25) is 10.0 Å². The number of hydrogen-bond donors (Lipinski definition) is 0. The largest absolute Gasteiger partial charge is 0.334 e. The van der Waals surface area contributed by atoms with E-state index in [0.29, 0.717) is 42.2 Å². The first-order chi connectivity index (χ1) is 13.8. The van der Waals surface area contributed by atoms with Gasteiger partial charge in [-0.15, -0.1) is 0 Å². The topological polar surface area (TPSA) is 76.3 Å². The van der Waals surface area contributed by atoms with Crippen molar-refractivity contribution in [2.45, 2.75) is 37.5 Å². The molecule has 0 radical (unpaired) electrons. The van der Waals surface area contributed by atoms with E-state index in [1.165, 1.54) is 16.4 Å². The number of sulfonamides is 1. The minimum Gasteiger partial charge on any atom is -0.334 e. The summed E-state index contributed by atoms with van der Waals surface area (Å²) < 4.78 is 46.1. The van der Waals surface area contributed by atoms with Crippen LogP contribution in [0.25, 0.3) is 11.5 Å². The molecule has 8 heteroatoms. The van der Waals surface area contributed by atoms with Crippen LogP contribution in [0.1, 0.15) is 35.7 Å². The Kier molecular flexibility index (Phi) is 5.23. The number of nitrogens with zero attached hydrogens (tertiary/aromatic N) is 3. The molecule has 4 rings (SSSR count). The van der Waals surface area contributed by atoms with Crippen LogP contribution in [0.5, 0.6) is 0 Å². The molecular formula is C21H22FN3O3S. The van der Waals surface area contributed by atoms with Crippen LogP contribution < -0.4 is 0 Å². The lowest BCUT2D eigenvalue weighted by Gasteiger charge is -2.29. The van der Waals surface area contributed by atoms with Gasteiger partial charge in [0.25, 0.3) is 5.89 Å². The number of rotatable bonds is 4. The molecule has 29 heavy (non-hydrogen) atoms. The van der Waals surface area contributed by atoms with Crippen LogP contribution in [0, 0.1) is 19.7 Å². The Hall–Kier alpha value is -2.58. The molecule has 1 fully saturated rings.